The van der Waals surface area contributed by atoms with Crippen molar-refractivity contribution in [2.24, 2.45) is 23.7 Å². The van der Waals surface area contributed by atoms with Gasteiger partial charge in [-0.2, -0.15) is 0 Å². The predicted octanol–water partition coefficient (Wildman–Crippen LogP) is 5.15. The van der Waals surface area contributed by atoms with Gasteiger partial charge in [-0.25, -0.2) is 0 Å². The highest BCUT2D eigenvalue weighted by Gasteiger charge is 2.34. The van der Waals surface area contributed by atoms with Crippen LogP contribution >= 0.6 is 22.6 Å². The van der Waals surface area contributed by atoms with Gasteiger partial charge in [0, 0.05) is 10.5 Å². The van der Waals surface area contributed by atoms with E-state index in [0.29, 0.717) is 6.61 Å². The van der Waals surface area contributed by atoms with Crippen LogP contribution in [-0.4, -0.2) is 23.5 Å². The lowest BCUT2D eigenvalue weighted by Gasteiger charge is -2.40. The first kappa shape index (κ1) is 18.1. The van der Waals surface area contributed by atoms with Gasteiger partial charge >= 0.3 is 0 Å². The van der Waals surface area contributed by atoms with Gasteiger partial charge in [-0.1, -0.05) is 54.6 Å². The first-order valence-electron chi connectivity index (χ1n) is 9.19. The number of hydrogen-bond donors (Lipinski definition) is 1. The summed E-state index contributed by atoms with van der Waals surface area (Å²) in [5, 5.41) is 8.96. The van der Waals surface area contributed by atoms with Crippen LogP contribution in [0.1, 0.15) is 70.6 Å². The number of aliphatic hydroxyl groups excluding tert-OH is 1. The van der Waals surface area contributed by atoms with Crippen LogP contribution in [0.4, 0.5) is 0 Å². The Morgan fingerprint density at radius 1 is 0.905 bits per heavy atom. The number of hydrogen-bond acceptors (Lipinski definition) is 1. The van der Waals surface area contributed by atoms with Crippen LogP contribution in [0.25, 0.3) is 0 Å². The van der Waals surface area contributed by atoms with Crippen molar-refractivity contribution in [1.82, 2.24) is 0 Å². The quantitative estimate of drug-likeness (QED) is 0.355. The van der Waals surface area contributed by atoms with Crippen LogP contribution in [0, 0.1) is 23.7 Å². The third-order valence-electron chi connectivity index (χ3n) is 6.06. The van der Waals surface area contributed by atoms with Crippen molar-refractivity contribution in [1.29, 1.82) is 0 Å². The van der Waals surface area contributed by atoms with E-state index in [-0.39, 0.29) is 0 Å². The van der Waals surface area contributed by atoms with Crippen molar-refractivity contribution in [3.05, 3.63) is 0 Å². The van der Waals surface area contributed by atoms with Gasteiger partial charge < -0.3 is 5.11 Å². The van der Waals surface area contributed by atoms with Gasteiger partial charge in [-0.15, -0.1) is 0 Å². The molecule has 3 atom stereocenters. The Kier molecular flexibility index (Phi) is 8.44. The molecule has 3 heteroatoms. The van der Waals surface area contributed by atoms with Gasteiger partial charge in [0.1, 0.15) is 0 Å². The second-order valence-corrected chi connectivity index (χ2v) is 9.03. The van der Waals surface area contributed by atoms with E-state index >= 15 is 0 Å². The van der Waals surface area contributed by atoms with E-state index in [1.165, 1.54) is 64.2 Å². The highest BCUT2D eigenvalue weighted by molar-refractivity contribution is 14.1. The van der Waals surface area contributed by atoms with Crippen molar-refractivity contribution >= 4 is 30.4 Å². The second-order valence-electron chi connectivity index (χ2n) is 7.43. The van der Waals surface area contributed by atoms with Crippen molar-refractivity contribution in [2.75, 3.05) is 6.61 Å². The van der Waals surface area contributed by atoms with Crippen LogP contribution in [0.15, 0.2) is 0 Å². The molecule has 3 unspecified atom stereocenters. The fourth-order valence-electron chi connectivity index (χ4n) is 4.67. The van der Waals surface area contributed by atoms with Gasteiger partial charge in [0.2, 0.25) is 0 Å². The van der Waals surface area contributed by atoms with Crippen LogP contribution in [0.5, 0.6) is 0 Å². The summed E-state index contributed by atoms with van der Waals surface area (Å²) in [5.74, 6) is 3.85. The van der Waals surface area contributed by atoms with Crippen LogP contribution in [0.2, 0.25) is 6.32 Å². The summed E-state index contributed by atoms with van der Waals surface area (Å²) in [7, 11) is 5.66. The summed E-state index contributed by atoms with van der Waals surface area (Å²) in [6.45, 7) is 0.378. The maximum atomic E-state index is 8.96. The minimum atomic E-state index is 0.378. The molecular weight excluding hydrogens is 370 g/mol. The third kappa shape index (κ3) is 5.71. The van der Waals surface area contributed by atoms with E-state index in [2.05, 4.69) is 22.6 Å². The molecular formula is C18H32BIO. The monoisotopic (exact) mass is 402 g/mol. The predicted molar refractivity (Wildman–Crippen MR) is 100 cm³/mol. The lowest BCUT2D eigenvalue weighted by atomic mass is 9.68. The van der Waals surface area contributed by atoms with Crippen LogP contribution in [-0.2, 0) is 0 Å². The lowest BCUT2D eigenvalue weighted by Crippen LogP contribution is -2.31. The molecule has 1 N–H and O–H groups in total. The van der Waals surface area contributed by atoms with E-state index in [1.54, 1.807) is 0 Å². The molecule has 0 spiro atoms. The minimum Gasteiger partial charge on any atom is -0.396 e. The summed E-state index contributed by atoms with van der Waals surface area (Å²) in [6.07, 6.45) is 15.8. The molecule has 0 saturated heterocycles. The summed E-state index contributed by atoms with van der Waals surface area (Å²) in [6, 6.07) is 0. The molecule has 120 valence electrons. The van der Waals surface area contributed by atoms with Crippen LogP contribution in [0.3, 0.4) is 0 Å². The third-order valence-corrected chi connectivity index (χ3v) is 7.58. The standard InChI is InChI=1S/C18H32BIO/c19-11-1-4-16-9-10-17(13-18(16)20)15-7-5-14(6-8-15)3-2-12-21/h14-18,21H,1-13H2. The Labute approximate surface area is 146 Å². The molecule has 2 fully saturated rings. The molecule has 0 aromatic rings. The molecule has 2 aliphatic carbocycles. The maximum absolute atomic E-state index is 8.96. The first-order chi connectivity index (χ1) is 10.2. The van der Waals surface area contributed by atoms with E-state index in [9.17, 15) is 0 Å². The number of alkyl halides is 1. The van der Waals surface area contributed by atoms with E-state index < -0.39 is 0 Å². The summed E-state index contributed by atoms with van der Waals surface area (Å²) in [4.78, 5) is 0. The number of rotatable bonds is 7. The van der Waals surface area contributed by atoms with E-state index in [4.69, 9.17) is 13.0 Å². The van der Waals surface area contributed by atoms with Gasteiger partial charge in [0.15, 0.2) is 0 Å². The fourth-order valence-corrected chi connectivity index (χ4v) is 6.04. The Balaban J connectivity index is 1.70. The summed E-state index contributed by atoms with van der Waals surface area (Å²) in [5.41, 5.74) is 0. The zero-order valence-corrected chi connectivity index (χ0v) is 15.6. The smallest absolute Gasteiger partial charge is 0.0653 e. The Morgan fingerprint density at radius 2 is 1.62 bits per heavy atom. The van der Waals surface area contributed by atoms with Gasteiger partial charge in [-0.05, 0) is 68.6 Å². The molecule has 2 rings (SSSR count). The molecule has 0 aromatic carbocycles. The van der Waals surface area contributed by atoms with E-state index in [0.717, 1.165) is 40.3 Å². The number of aliphatic hydroxyl groups is 1. The molecule has 2 radical (unpaired) electrons. The van der Waals surface area contributed by atoms with Gasteiger partial charge in [0.25, 0.3) is 0 Å². The Morgan fingerprint density at radius 3 is 2.24 bits per heavy atom. The first-order valence-corrected chi connectivity index (χ1v) is 10.4. The minimum absolute atomic E-state index is 0.378. The summed E-state index contributed by atoms with van der Waals surface area (Å²) >= 11 is 2.72. The van der Waals surface area contributed by atoms with Gasteiger partial charge in [-0.3, -0.25) is 0 Å². The molecule has 0 heterocycles. The zero-order valence-electron chi connectivity index (χ0n) is 13.5. The molecule has 21 heavy (non-hydrogen) atoms. The number of halogens is 1. The van der Waals surface area contributed by atoms with Crippen molar-refractivity contribution < 1.29 is 5.11 Å². The van der Waals surface area contributed by atoms with Crippen molar-refractivity contribution in [3.8, 4) is 0 Å². The molecule has 2 saturated carbocycles. The molecule has 1 nitrogen and oxygen atoms in total. The van der Waals surface area contributed by atoms with Crippen molar-refractivity contribution in [3.63, 3.8) is 0 Å². The average molecular weight is 402 g/mol. The van der Waals surface area contributed by atoms with Gasteiger partial charge in [0.05, 0.1) is 7.85 Å². The SMILES string of the molecule is [B]CCCC1CCC(C2CCC(CCCO)CC2)CC1I. The van der Waals surface area contributed by atoms with E-state index in [1.807, 2.05) is 0 Å². The molecule has 0 aliphatic heterocycles. The second kappa shape index (κ2) is 9.80. The normalized spacial score (nSPS) is 37.5. The van der Waals surface area contributed by atoms with Crippen LogP contribution < -0.4 is 0 Å². The maximum Gasteiger partial charge on any atom is 0.0653 e. The lowest BCUT2D eigenvalue weighted by molar-refractivity contribution is 0.144. The highest BCUT2D eigenvalue weighted by atomic mass is 127. The molecule has 2 aliphatic rings. The van der Waals surface area contributed by atoms with Crippen molar-refractivity contribution in [2.45, 2.75) is 80.9 Å². The highest BCUT2D eigenvalue weighted by Crippen LogP contribution is 2.45. The molecule has 0 bridgehead atoms. The Bertz CT molecular complexity index is 278. The summed E-state index contributed by atoms with van der Waals surface area (Å²) < 4.78 is 0.889. The zero-order chi connectivity index (χ0) is 15.1. The molecule has 0 aromatic heterocycles. The Hall–Kier alpha value is 0.755. The fraction of sp³-hybridized carbons (Fsp3) is 1.00. The largest absolute Gasteiger partial charge is 0.396 e. The average Bonchev–Trinajstić information content (AvgIpc) is 2.52. The molecule has 0 amide bonds. The topological polar surface area (TPSA) is 20.2 Å².